The summed E-state index contributed by atoms with van der Waals surface area (Å²) in [7, 11) is 0. The monoisotopic (exact) mass is 385 g/mol. The smallest absolute Gasteiger partial charge is 0.220 e. The van der Waals surface area contributed by atoms with Crippen LogP contribution in [0.5, 0.6) is 0 Å². The van der Waals surface area contributed by atoms with Gasteiger partial charge in [-0.25, -0.2) is 4.98 Å². The second-order valence-electron chi connectivity index (χ2n) is 6.08. The summed E-state index contributed by atoms with van der Waals surface area (Å²) in [5.74, 6) is 1.81. The highest BCUT2D eigenvalue weighted by Gasteiger charge is 2.27. The predicted molar refractivity (Wildman–Crippen MR) is 103 cm³/mol. The molecule has 3 rings (SSSR count). The minimum Gasteiger partial charge on any atom is -0.441 e. The molecule has 1 aliphatic rings. The lowest BCUT2D eigenvalue weighted by atomic mass is 10.0. The summed E-state index contributed by atoms with van der Waals surface area (Å²) < 4.78 is 5.72. The molecule has 0 aliphatic heterocycles. The molecule has 0 saturated heterocycles. The zero-order valence-corrected chi connectivity index (χ0v) is 15.7. The number of amides is 1. The van der Waals surface area contributed by atoms with Gasteiger partial charge >= 0.3 is 0 Å². The van der Waals surface area contributed by atoms with E-state index in [9.17, 15) is 4.79 Å². The Bertz CT molecular complexity index is 649. The Kier molecular flexibility index (Phi) is 8.97. The van der Waals surface area contributed by atoms with Gasteiger partial charge in [-0.3, -0.25) is 4.79 Å². The average molecular weight is 386 g/mol. The van der Waals surface area contributed by atoms with E-state index in [1.165, 1.54) is 0 Å². The number of carbonyl (C=O) groups is 1. The average Bonchev–Trinajstić information content (AvgIpc) is 3.23. The molecule has 0 bridgehead atoms. The number of nitrogens with one attached hydrogen (secondary N) is 1. The molecule has 1 aromatic carbocycles. The molecule has 7 heteroatoms. The molecule has 1 fully saturated rings. The number of hydrogen-bond acceptors (Lipinski definition) is 4. The van der Waals surface area contributed by atoms with Crippen molar-refractivity contribution >= 4 is 30.7 Å². The van der Waals surface area contributed by atoms with Gasteiger partial charge in [-0.05, 0) is 25.3 Å². The van der Waals surface area contributed by atoms with Crippen molar-refractivity contribution in [2.24, 2.45) is 11.7 Å². The predicted octanol–water partition coefficient (Wildman–Crippen LogP) is 3.36. The molecule has 3 N–H and O–H groups in total. The third-order valence-electron chi connectivity index (χ3n) is 4.49. The standard InChI is InChI=1S/C18H23N3O2.2ClH/c19-11-14-7-4-8-15(14)21-17(22)9-10-18-20-12-16(23-18)13-5-2-1-3-6-13;;/h1-3,5-6,12,14-15H,4,7-11,19H2,(H,21,22);2*1H. The quantitative estimate of drug-likeness (QED) is 0.798. The number of carbonyl (C=O) groups excluding carboxylic acids is 1. The first-order chi connectivity index (χ1) is 11.3. The normalized spacial score (nSPS) is 18.9. The Labute approximate surface area is 160 Å². The number of hydrogen-bond donors (Lipinski definition) is 2. The topological polar surface area (TPSA) is 81.1 Å². The van der Waals surface area contributed by atoms with Gasteiger partial charge in [0, 0.05) is 24.4 Å². The van der Waals surface area contributed by atoms with Gasteiger partial charge in [0.05, 0.1) is 6.20 Å². The van der Waals surface area contributed by atoms with Crippen LogP contribution < -0.4 is 11.1 Å². The highest BCUT2D eigenvalue weighted by molar-refractivity contribution is 5.85. The second kappa shape index (κ2) is 10.4. The van der Waals surface area contributed by atoms with E-state index in [-0.39, 0.29) is 36.8 Å². The number of aromatic nitrogens is 1. The zero-order valence-electron chi connectivity index (χ0n) is 14.0. The molecular weight excluding hydrogens is 361 g/mol. The highest BCUT2D eigenvalue weighted by Crippen LogP contribution is 2.25. The number of benzene rings is 1. The molecular formula is C18H25Cl2N3O2. The fraction of sp³-hybridized carbons (Fsp3) is 0.444. The minimum atomic E-state index is 0. The first-order valence-corrected chi connectivity index (χ1v) is 8.26. The van der Waals surface area contributed by atoms with Crippen molar-refractivity contribution in [3.05, 3.63) is 42.4 Å². The lowest BCUT2D eigenvalue weighted by molar-refractivity contribution is -0.122. The molecule has 1 aliphatic carbocycles. The molecule has 25 heavy (non-hydrogen) atoms. The van der Waals surface area contributed by atoms with Crippen molar-refractivity contribution in [3.8, 4) is 11.3 Å². The lowest BCUT2D eigenvalue weighted by Crippen LogP contribution is -2.39. The Hall–Kier alpha value is -1.56. The van der Waals surface area contributed by atoms with Gasteiger partial charge in [-0.15, -0.1) is 24.8 Å². The van der Waals surface area contributed by atoms with Gasteiger partial charge in [0.25, 0.3) is 0 Å². The maximum Gasteiger partial charge on any atom is 0.220 e. The number of oxazole rings is 1. The SMILES string of the molecule is Cl.Cl.NCC1CCCC1NC(=O)CCc1ncc(-c2ccccc2)o1. The maximum atomic E-state index is 12.1. The van der Waals surface area contributed by atoms with Crippen LogP contribution in [0, 0.1) is 5.92 Å². The van der Waals surface area contributed by atoms with Gasteiger partial charge in [0.15, 0.2) is 11.7 Å². The number of aryl methyl sites for hydroxylation is 1. The summed E-state index contributed by atoms with van der Waals surface area (Å²) in [6.07, 6.45) is 5.91. The lowest BCUT2D eigenvalue weighted by Gasteiger charge is -2.19. The van der Waals surface area contributed by atoms with Crippen LogP contribution in [0.3, 0.4) is 0 Å². The molecule has 1 amide bonds. The van der Waals surface area contributed by atoms with Crippen LogP contribution in [0.4, 0.5) is 0 Å². The summed E-state index contributed by atoms with van der Waals surface area (Å²) in [6, 6.07) is 10.1. The van der Waals surface area contributed by atoms with E-state index in [1.54, 1.807) is 6.20 Å². The van der Waals surface area contributed by atoms with Crippen LogP contribution in [-0.4, -0.2) is 23.5 Å². The van der Waals surface area contributed by atoms with Crippen molar-refractivity contribution in [2.45, 2.75) is 38.1 Å². The summed E-state index contributed by atoms with van der Waals surface area (Å²) in [5.41, 5.74) is 6.74. The highest BCUT2D eigenvalue weighted by atomic mass is 35.5. The van der Waals surface area contributed by atoms with Crippen LogP contribution >= 0.6 is 24.8 Å². The first-order valence-electron chi connectivity index (χ1n) is 8.26. The van der Waals surface area contributed by atoms with Gasteiger partial charge in [-0.2, -0.15) is 0 Å². The molecule has 2 unspecified atom stereocenters. The number of rotatable bonds is 6. The Morgan fingerprint density at radius 1 is 1.24 bits per heavy atom. The van der Waals surface area contributed by atoms with Crippen molar-refractivity contribution < 1.29 is 9.21 Å². The fourth-order valence-corrected chi connectivity index (χ4v) is 3.17. The Morgan fingerprint density at radius 2 is 2.00 bits per heavy atom. The van der Waals surface area contributed by atoms with Gasteiger partial charge in [-0.1, -0.05) is 36.8 Å². The van der Waals surface area contributed by atoms with E-state index < -0.39 is 0 Å². The molecule has 1 aromatic heterocycles. The minimum absolute atomic E-state index is 0. The van der Waals surface area contributed by atoms with Crippen LogP contribution in [0.25, 0.3) is 11.3 Å². The van der Waals surface area contributed by atoms with Crippen molar-refractivity contribution in [1.82, 2.24) is 10.3 Å². The second-order valence-corrected chi connectivity index (χ2v) is 6.08. The van der Waals surface area contributed by atoms with E-state index >= 15 is 0 Å². The third kappa shape index (κ3) is 5.73. The van der Waals surface area contributed by atoms with Gasteiger partial charge in [0.1, 0.15) is 0 Å². The largest absolute Gasteiger partial charge is 0.441 e. The van der Waals surface area contributed by atoms with Crippen molar-refractivity contribution in [2.75, 3.05) is 6.54 Å². The number of nitrogens with two attached hydrogens (primary N) is 1. The fourth-order valence-electron chi connectivity index (χ4n) is 3.17. The van der Waals surface area contributed by atoms with E-state index in [0.717, 1.165) is 30.6 Å². The van der Waals surface area contributed by atoms with Crippen molar-refractivity contribution in [3.63, 3.8) is 0 Å². The Balaban J connectivity index is 0.00000156. The van der Waals surface area contributed by atoms with Crippen LogP contribution in [0.1, 0.15) is 31.6 Å². The van der Waals surface area contributed by atoms with Crippen LogP contribution in [-0.2, 0) is 11.2 Å². The zero-order chi connectivity index (χ0) is 16.1. The Morgan fingerprint density at radius 3 is 2.72 bits per heavy atom. The van der Waals surface area contributed by atoms with Gasteiger partial charge < -0.3 is 15.5 Å². The summed E-state index contributed by atoms with van der Waals surface area (Å²) >= 11 is 0. The molecule has 0 spiro atoms. The van der Waals surface area contributed by atoms with Gasteiger partial charge in [0.2, 0.25) is 5.91 Å². The molecule has 1 saturated carbocycles. The summed E-state index contributed by atoms with van der Waals surface area (Å²) in [4.78, 5) is 16.4. The van der Waals surface area contributed by atoms with E-state index in [2.05, 4.69) is 10.3 Å². The summed E-state index contributed by atoms with van der Waals surface area (Å²) in [6.45, 7) is 0.644. The summed E-state index contributed by atoms with van der Waals surface area (Å²) in [5, 5.41) is 3.10. The first kappa shape index (κ1) is 21.5. The molecule has 138 valence electrons. The third-order valence-corrected chi connectivity index (χ3v) is 4.49. The number of halogens is 2. The van der Waals surface area contributed by atoms with Crippen LogP contribution in [0.15, 0.2) is 40.9 Å². The number of nitrogens with zero attached hydrogens (tertiary/aromatic N) is 1. The molecule has 2 atom stereocenters. The van der Waals surface area contributed by atoms with E-state index in [0.29, 0.717) is 31.2 Å². The molecule has 2 aromatic rings. The van der Waals surface area contributed by atoms with E-state index in [1.807, 2.05) is 30.3 Å². The maximum absolute atomic E-state index is 12.1. The van der Waals surface area contributed by atoms with Crippen LogP contribution in [0.2, 0.25) is 0 Å². The molecule has 0 radical (unpaired) electrons. The van der Waals surface area contributed by atoms with Crippen molar-refractivity contribution in [1.29, 1.82) is 0 Å². The molecule has 5 nitrogen and oxygen atoms in total. The molecule has 1 heterocycles. The van der Waals surface area contributed by atoms with E-state index in [4.69, 9.17) is 10.2 Å².